The molecule has 2 heterocycles. The Labute approximate surface area is 159 Å². The summed E-state index contributed by atoms with van der Waals surface area (Å²) < 4.78 is 1.93. The number of carbonyl (C=O) groups excluding carboxylic acids is 1. The summed E-state index contributed by atoms with van der Waals surface area (Å²) in [7, 11) is 0. The first kappa shape index (κ1) is 19.0. The lowest BCUT2D eigenvalue weighted by Crippen LogP contribution is -2.35. The molecule has 1 amide bonds. The van der Waals surface area contributed by atoms with Crippen LogP contribution in [0.15, 0.2) is 36.7 Å². The third-order valence-corrected chi connectivity index (χ3v) is 4.40. The zero-order chi connectivity index (χ0) is 19.6. The molecule has 0 saturated heterocycles. The van der Waals surface area contributed by atoms with Gasteiger partial charge in [0.05, 0.1) is 24.0 Å². The van der Waals surface area contributed by atoms with E-state index in [2.05, 4.69) is 29.2 Å². The van der Waals surface area contributed by atoms with Crippen LogP contribution in [0.5, 0.6) is 0 Å². The van der Waals surface area contributed by atoms with Crippen LogP contribution in [0.4, 0.5) is 0 Å². The van der Waals surface area contributed by atoms with Gasteiger partial charge in [0.1, 0.15) is 0 Å². The Bertz CT molecular complexity index is 945. The normalized spacial score (nSPS) is 12.5. The topological polar surface area (TPSA) is 80.0 Å². The Balaban J connectivity index is 2.15. The van der Waals surface area contributed by atoms with Crippen LogP contribution < -0.4 is 5.32 Å². The van der Waals surface area contributed by atoms with Crippen LogP contribution in [0.1, 0.15) is 36.7 Å². The molecule has 3 aromatic rings. The van der Waals surface area contributed by atoms with Gasteiger partial charge in [-0.3, -0.25) is 14.5 Å². The quantitative estimate of drug-likeness (QED) is 0.702. The minimum absolute atomic E-state index is 0.106. The molecule has 0 saturated carbocycles. The molecule has 0 unspecified atom stereocenters. The van der Waals surface area contributed by atoms with Crippen LogP contribution in [0.2, 0.25) is 0 Å². The highest BCUT2D eigenvalue weighted by Gasteiger charge is 2.17. The third kappa shape index (κ3) is 4.17. The maximum atomic E-state index is 12.7. The SMILES string of the molecule is Cc1ccc(-c2cc(C(=O)N[C@@H](C)CO)cc3c2cnn3CC(C)C)nc1. The number of nitrogens with one attached hydrogen (secondary N) is 1. The summed E-state index contributed by atoms with van der Waals surface area (Å²) in [4.78, 5) is 17.2. The number of aryl methyl sites for hydroxylation is 1. The molecular formula is C21H26N4O2. The van der Waals surface area contributed by atoms with E-state index in [1.54, 1.807) is 6.92 Å². The summed E-state index contributed by atoms with van der Waals surface area (Å²) in [5, 5.41) is 17.5. The van der Waals surface area contributed by atoms with Crippen molar-refractivity contribution in [3.8, 4) is 11.3 Å². The van der Waals surface area contributed by atoms with Crippen LogP contribution in [0, 0.1) is 12.8 Å². The molecule has 6 nitrogen and oxygen atoms in total. The van der Waals surface area contributed by atoms with Crippen molar-refractivity contribution >= 4 is 16.8 Å². The average Bonchev–Trinajstić information content (AvgIpc) is 3.03. The molecule has 0 aliphatic heterocycles. The molecule has 0 aliphatic carbocycles. The number of hydrogen-bond acceptors (Lipinski definition) is 4. The van der Waals surface area contributed by atoms with E-state index in [1.807, 2.05) is 48.3 Å². The number of rotatable bonds is 6. The van der Waals surface area contributed by atoms with E-state index in [0.29, 0.717) is 11.5 Å². The zero-order valence-electron chi connectivity index (χ0n) is 16.2. The third-order valence-electron chi connectivity index (χ3n) is 4.40. The van der Waals surface area contributed by atoms with Crippen LogP contribution in [0.3, 0.4) is 0 Å². The molecule has 6 heteroatoms. The van der Waals surface area contributed by atoms with Crippen molar-refractivity contribution in [1.82, 2.24) is 20.1 Å². The Kier molecular flexibility index (Phi) is 5.56. The summed E-state index contributed by atoms with van der Waals surface area (Å²) in [6.45, 7) is 8.69. The number of fused-ring (bicyclic) bond motifs is 1. The van der Waals surface area contributed by atoms with Gasteiger partial charge in [-0.15, -0.1) is 0 Å². The summed E-state index contributed by atoms with van der Waals surface area (Å²) in [5.41, 5.74) is 4.20. The number of pyridine rings is 1. The van der Waals surface area contributed by atoms with Crippen molar-refractivity contribution in [1.29, 1.82) is 0 Å². The highest BCUT2D eigenvalue weighted by atomic mass is 16.3. The Hall–Kier alpha value is -2.73. The van der Waals surface area contributed by atoms with Crippen LogP contribution >= 0.6 is 0 Å². The smallest absolute Gasteiger partial charge is 0.251 e. The van der Waals surface area contributed by atoms with Gasteiger partial charge in [-0.05, 0) is 43.5 Å². The zero-order valence-corrected chi connectivity index (χ0v) is 16.2. The molecule has 1 atom stereocenters. The number of benzene rings is 1. The van der Waals surface area contributed by atoms with E-state index in [0.717, 1.165) is 34.3 Å². The second-order valence-corrected chi connectivity index (χ2v) is 7.46. The van der Waals surface area contributed by atoms with E-state index in [4.69, 9.17) is 0 Å². The molecule has 1 aromatic carbocycles. The molecule has 2 aromatic heterocycles. The van der Waals surface area contributed by atoms with Crippen molar-refractivity contribution in [2.24, 2.45) is 5.92 Å². The van der Waals surface area contributed by atoms with Crippen LogP contribution in [-0.4, -0.2) is 38.4 Å². The lowest BCUT2D eigenvalue weighted by molar-refractivity contribution is 0.0922. The number of aliphatic hydroxyl groups excluding tert-OH is 1. The van der Waals surface area contributed by atoms with Crippen molar-refractivity contribution in [3.05, 3.63) is 47.8 Å². The first-order chi connectivity index (χ1) is 12.9. The number of aliphatic hydroxyl groups is 1. The number of amides is 1. The minimum atomic E-state index is -0.310. The standard InChI is InChI=1S/C21H26N4O2/c1-13(2)11-25-20-8-16(21(27)24-15(4)12-26)7-17(18(20)10-23-25)19-6-5-14(3)9-22-19/h5-10,13,15,26H,11-12H2,1-4H3,(H,24,27)/t15-/m0/s1. The Morgan fingerprint density at radius 1 is 1.22 bits per heavy atom. The van der Waals surface area contributed by atoms with Gasteiger partial charge in [-0.25, -0.2) is 0 Å². The Morgan fingerprint density at radius 3 is 2.63 bits per heavy atom. The first-order valence-corrected chi connectivity index (χ1v) is 9.23. The second kappa shape index (κ2) is 7.88. The van der Waals surface area contributed by atoms with Crippen LogP contribution in [-0.2, 0) is 6.54 Å². The molecular weight excluding hydrogens is 340 g/mol. The molecule has 27 heavy (non-hydrogen) atoms. The van der Waals surface area contributed by atoms with E-state index < -0.39 is 0 Å². The number of carbonyl (C=O) groups is 1. The predicted octanol–water partition coefficient (Wildman–Crippen LogP) is 3.17. The lowest BCUT2D eigenvalue weighted by atomic mass is 10.0. The second-order valence-electron chi connectivity index (χ2n) is 7.46. The first-order valence-electron chi connectivity index (χ1n) is 9.23. The Morgan fingerprint density at radius 2 is 2.00 bits per heavy atom. The monoisotopic (exact) mass is 366 g/mol. The van der Waals surface area contributed by atoms with Gasteiger partial charge in [0.2, 0.25) is 0 Å². The summed E-state index contributed by atoms with van der Waals surface area (Å²) in [6.07, 6.45) is 3.66. The van der Waals surface area contributed by atoms with E-state index in [1.165, 1.54) is 0 Å². The largest absolute Gasteiger partial charge is 0.394 e. The summed E-state index contributed by atoms with van der Waals surface area (Å²) in [5.74, 6) is 0.213. The molecule has 0 fully saturated rings. The predicted molar refractivity (Wildman–Crippen MR) is 107 cm³/mol. The van der Waals surface area contributed by atoms with Crippen molar-refractivity contribution in [2.75, 3.05) is 6.61 Å². The van der Waals surface area contributed by atoms with Gasteiger partial charge in [-0.1, -0.05) is 19.9 Å². The molecule has 0 spiro atoms. The van der Waals surface area contributed by atoms with Gasteiger partial charge in [0, 0.05) is 35.3 Å². The average molecular weight is 366 g/mol. The van der Waals surface area contributed by atoms with Crippen molar-refractivity contribution in [3.63, 3.8) is 0 Å². The van der Waals surface area contributed by atoms with Crippen molar-refractivity contribution in [2.45, 2.75) is 40.3 Å². The van der Waals surface area contributed by atoms with Crippen LogP contribution in [0.25, 0.3) is 22.2 Å². The molecule has 0 bridgehead atoms. The maximum Gasteiger partial charge on any atom is 0.251 e. The number of aromatic nitrogens is 3. The minimum Gasteiger partial charge on any atom is -0.394 e. The summed E-state index contributed by atoms with van der Waals surface area (Å²) in [6, 6.07) is 7.37. The van der Waals surface area contributed by atoms with Gasteiger partial charge < -0.3 is 10.4 Å². The highest BCUT2D eigenvalue weighted by Crippen LogP contribution is 2.29. The lowest BCUT2D eigenvalue weighted by Gasteiger charge is -2.13. The van der Waals surface area contributed by atoms with E-state index >= 15 is 0 Å². The van der Waals surface area contributed by atoms with Gasteiger partial charge in [0.25, 0.3) is 5.91 Å². The summed E-state index contributed by atoms with van der Waals surface area (Å²) >= 11 is 0. The number of hydrogen-bond donors (Lipinski definition) is 2. The van der Waals surface area contributed by atoms with Gasteiger partial charge >= 0.3 is 0 Å². The molecule has 2 N–H and O–H groups in total. The fourth-order valence-corrected chi connectivity index (χ4v) is 2.99. The number of nitrogens with zero attached hydrogens (tertiary/aromatic N) is 3. The fourth-order valence-electron chi connectivity index (χ4n) is 2.99. The maximum absolute atomic E-state index is 12.7. The highest BCUT2D eigenvalue weighted by molar-refractivity contribution is 6.03. The molecule has 3 rings (SSSR count). The van der Waals surface area contributed by atoms with Gasteiger partial charge in [-0.2, -0.15) is 5.10 Å². The fraction of sp³-hybridized carbons (Fsp3) is 0.381. The molecule has 0 radical (unpaired) electrons. The van der Waals surface area contributed by atoms with E-state index in [9.17, 15) is 9.90 Å². The van der Waals surface area contributed by atoms with Crippen molar-refractivity contribution < 1.29 is 9.90 Å². The van der Waals surface area contributed by atoms with Gasteiger partial charge in [0.15, 0.2) is 0 Å². The molecule has 142 valence electrons. The van der Waals surface area contributed by atoms with E-state index in [-0.39, 0.29) is 18.6 Å². The molecule has 0 aliphatic rings.